The Bertz CT molecular complexity index is 7370. The van der Waals surface area contributed by atoms with Gasteiger partial charge in [-0.05, 0) is 237 Å². The fourth-order valence-electron chi connectivity index (χ4n) is 17.2. The third-order valence-electron chi connectivity index (χ3n) is 25.0. The number of benzene rings is 6. The molecule has 762 valence electrons. The topological polar surface area (TPSA) is 363 Å². The van der Waals surface area contributed by atoms with Gasteiger partial charge in [-0.2, -0.15) is 30.6 Å². The number of aromatic nitrogens is 18. The minimum Gasteiger partial charge on any atom is -0.494 e. The molecule has 147 heavy (non-hydrogen) atoms. The molecule has 10 N–H and O–H groups in total. The normalized spacial score (nSPS) is 16.5. The molecule has 0 radical (unpaired) electrons. The lowest BCUT2D eigenvalue weighted by Gasteiger charge is -2.18. The number of rotatable bonds is 0. The van der Waals surface area contributed by atoms with Crippen LogP contribution in [0.2, 0.25) is 10.0 Å². The van der Waals surface area contributed by atoms with E-state index in [0.717, 1.165) is 252 Å². The molecule has 2 unspecified atom stereocenters. The zero-order valence-electron chi connectivity index (χ0n) is 82.1. The molecule has 0 amide bonds. The van der Waals surface area contributed by atoms with E-state index in [1.54, 1.807) is 94.5 Å². The minimum absolute atomic E-state index is 0.0113. The molecule has 0 spiro atoms. The maximum absolute atomic E-state index is 14.5. The van der Waals surface area contributed by atoms with Gasteiger partial charge >= 0.3 is 0 Å². The van der Waals surface area contributed by atoms with E-state index in [4.69, 9.17) is 66.6 Å². The highest BCUT2D eigenvalue weighted by molar-refractivity contribution is 6.34. The van der Waals surface area contributed by atoms with Crippen LogP contribution in [0, 0.1) is 17.5 Å². The van der Waals surface area contributed by atoms with E-state index < -0.39 is 0 Å². The van der Waals surface area contributed by atoms with E-state index in [9.17, 15) is 13.2 Å². The molecular weight excluding hydrogens is 1920 g/mol. The monoisotopic (exact) mass is 2030 g/mol. The zero-order chi connectivity index (χ0) is 101. The second-order valence-corrected chi connectivity index (χ2v) is 36.8. The summed E-state index contributed by atoms with van der Waals surface area (Å²) >= 11 is 12.8. The van der Waals surface area contributed by atoms with Crippen LogP contribution in [0.25, 0.3) is 101 Å². The van der Waals surface area contributed by atoms with Gasteiger partial charge < -0.3 is 91.4 Å². The third kappa shape index (κ3) is 25.6. The quantitative estimate of drug-likeness (QED) is 0.0674. The molecule has 0 saturated heterocycles. The van der Waals surface area contributed by atoms with Crippen molar-refractivity contribution in [3.63, 3.8) is 0 Å². The molecule has 6 aliphatic heterocycles. The average Bonchev–Trinajstić information content (AvgIpc) is 1.63. The largest absolute Gasteiger partial charge is 0.494 e. The van der Waals surface area contributed by atoms with E-state index in [1.165, 1.54) is 18.2 Å². The van der Waals surface area contributed by atoms with Crippen LogP contribution in [0.5, 0.6) is 34.5 Å². The standard InChI is InChI=1S/3C18H20FN5O.C18H21N5O.2C17H18ClN5O/c1-23-7-2-10-25-13-3-4-16(19)14(11-13)15-12-21-24-8-5-17(20-6-9-23)22-18(15)24;1-23-9-7-20-6-2-10-25-13-3-4-16(19)14(11-13)15-12-21-24-8-5-17(23)22-18(15)24;1-12-10-20-6-2-7-21-17-5-8-24-18(23-17)15(11-22-24)14-9-13(25-12)3-4-16(14)19;1-13-12-24-15-5-2-4-14(10-15)16-11-21-23-9-6-17(22-18(16)23)20-8-3-7-19-13;18-15-3-2-12-10-13(15)14-11-21-23-8-4-16(22-17(14)23)20-7-6-19-5-1-9-24-12;18-15-3-2-12-10-13(15)14-11-21-23-8-4-16(22-17(14)23)20-6-1-5-19-7-9-24-12/h3-5,8,11-12H,2,6-7,9-10H2,1H3,(H,20,22);3-5,8,11-12,20H,2,6-7,9-10H2,1H3;3-5,8-9,11-12,20H,2,6-7,10H2,1H3,(H,21,23);2,4-6,9-11,13,19H,3,7-8,12H2,1H3,(H,20,22);2*2-4,8,10-11,19H,1,5-7,9H2,(H,20,22). The number of anilines is 6. The lowest BCUT2D eigenvalue weighted by molar-refractivity contribution is 0.217. The highest BCUT2D eigenvalue weighted by atomic mass is 35.5. The van der Waals surface area contributed by atoms with E-state index in [-0.39, 0.29) is 23.6 Å². The number of ether oxygens (including phenoxy) is 6. The summed E-state index contributed by atoms with van der Waals surface area (Å²) in [5.74, 6) is 8.33. The number of hydrogen-bond donors (Lipinski definition) is 10. The van der Waals surface area contributed by atoms with Crippen molar-refractivity contribution in [3.8, 4) is 101 Å². The molecule has 24 bridgehead atoms. The average molecular weight is 2040 g/mol. The Labute approximate surface area is 856 Å². The summed E-state index contributed by atoms with van der Waals surface area (Å²) in [6.07, 6.45) is 27.3. The van der Waals surface area contributed by atoms with Gasteiger partial charge in [-0.15, -0.1) is 0 Å². The maximum Gasteiger partial charge on any atom is 0.165 e. The molecule has 24 rings (SSSR count). The Hall–Kier alpha value is -15.2. The molecule has 2 atom stereocenters. The molecule has 0 saturated carbocycles. The van der Waals surface area contributed by atoms with Gasteiger partial charge in [0.1, 0.15) is 106 Å². The molecule has 18 aromatic rings. The Morgan fingerprint density at radius 3 is 1.22 bits per heavy atom. The van der Waals surface area contributed by atoms with Gasteiger partial charge in [0, 0.05) is 200 Å². The van der Waals surface area contributed by atoms with Crippen LogP contribution in [0.15, 0.2) is 226 Å². The van der Waals surface area contributed by atoms with Crippen molar-refractivity contribution in [2.75, 3.05) is 190 Å². The summed E-state index contributed by atoms with van der Waals surface area (Å²) in [7, 11) is 4.08. The van der Waals surface area contributed by atoms with Crippen molar-refractivity contribution < 1.29 is 41.6 Å². The highest BCUT2D eigenvalue weighted by Gasteiger charge is 2.24. The van der Waals surface area contributed by atoms with Gasteiger partial charge in [-0.3, -0.25) is 0 Å². The van der Waals surface area contributed by atoms with Crippen molar-refractivity contribution in [3.05, 3.63) is 254 Å². The number of likely N-dealkylation sites (N-methyl/N-ethyl adjacent to an activating group) is 2. The van der Waals surface area contributed by atoms with Crippen LogP contribution >= 0.6 is 23.2 Å². The first kappa shape index (κ1) is 100. The van der Waals surface area contributed by atoms with Crippen LogP contribution in [0.1, 0.15) is 52.4 Å². The van der Waals surface area contributed by atoms with Crippen LogP contribution < -0.4 is 86.5 Å². The van der Waals surface area contributed by atoms with Crippen LogP contribution in [-0.2, 0) is 0 Å². The first-order valence-electron chi connectivity index (χ1n) is 49.7. The van der Waals surface area contributed by atoms with Gasteiger partial charge in [0.15, 0.2) is 33.9 Å². The van der Waals surface area contributed by atoms with Crippen molar-refractivity contribution in [1.82, 2.24) is 119 Å². The first-order chi connectivity index (χ1) is 72.0. The SMILES string of the molecule is CC1CNCCCNc2ccn3ncc(c3n2)-c2cc(ccc2F)O1.CC1COc2cccc(c2)-c2cnn3ccc(nc23)NCCCN1.CN1CCCOc2ccc(F)c(c2)-c2cnn3ccc(nc23)NCC1.CN1CCNCCCOc2ccc(F)c(c2)-c2cnn3ccc1nc23.Clc1ccc2cc1-c1cnn3ccc(nc13)NCCCNCCO2.Clc1ccc2cc1-c1cnn3ccc(nc13)NCCNCCCO2. The van der Waals surface area contributed by atoms with Crippen molar-refractivity contribution in [1.29, 1.82) is 0 Å². The Morgan fingerprint density at radius 1 is 0.313 bits per heavy atom. The van der Waals surface area contributed by atoms with Gasteiger partial charge in [-0.25, -0.2) is 70.2 Å². The molecule has 12 aromatic heterocycles. The van der Waals surface area contributed by atoms with Gasteiger partial charge in [0.2, 0.25) is 0 Å². The number of halogens is 5. The lowest BCUT2D eigenvalue weighted by atomic mass is 10.1. The summed E-state index contributed by atoms with van der Waals surface area (Å²) in [4.78, 5) is 32.3. The Morgan fingerprint density at radius 2 is 0.701 bits per heavy atom. The third-order valence-corrected chi connectivity index (χ3v) is 25.7. The molecule has 0 fully saturated rings. The van der Waals surface area contributed by atoms with Gasteiger partial charge in [0.25, 0.3) is 0 Å². The molecule has 41 heteroatoms. The second-order valence-electron chi connectivity index (χ2n) is 36.0. The summed E-state index contributed by atoms with van der Waals surface area (Å²) in [6, 6.07) is 45.7. The van der Waals surface area contributed by atoms with Crippen molar-refractivity contribution >= 4 is 92.0 Å². The summed E-state index contributed by atoms with van der Waals surface area (Å²) in [5.41, 5.74) is 13.1. The fraction of sp³-hybridized carbons (Fsp3) is 0.321. The molecule has 0 aliphatic carbocycles. The van der Waals surface area contributed by atoms with Crippen LogP contribution in [0.4, 0.5) is 48.1 Å². The zero-order valence-corrected chi connectivity index (χ0v) is 83.6. The van der Waals surface area contributed by atoms with Gasteiger partial charge in [0.05, 0.1) is 57.0 Å². The molecule has 18 heterocycles. The molecule has 6 aromatic carbocycles. The van der Waals surface area contributed by atoms with Gasteiger partial charge in [-0.1, -0.05) is 35.3 Å². The second kappa shape index (κ2) is 48.6. The number of nitrogens with one attached hydrogen (secondary N) is 10. The molecule has 36 nitrogen and oxygen atoms in total. The first-order valence-corrected chi connectivity index (χ1v) is 50.4. The van der Waals surface area contributed by atoms with Crippen LogP contribution in [-0.4, -0.2) is 263 Å². The Kier molecular flexibility index (Phi) is 33.2. The van der Waals surface area contributed by atoms with Crippen LogP contribution in [0.3, 0.4) is 0 Å². The summed E-state index contributed by atoms with van der Waals surface area (Å²) in [5, 5.41) is 61.0. The predicted octanol–water partition coefficient (Wildman–Crippen LogP) is 15.9. The predicted molar refractivity (Wildman–Crippen MR) is 568 cm³/mol. The minimum atomic E-state index is -0.322. The van der Waals surface area contributed by atoms with Crippen molar-refractivity contribution in [2.45, 2.75) is 64.5 Å². The van der Waals surface area contributed by atoms with E-state index in [2.05, 4.69) is 129 Å². The number of nitrogens with zero attached hydrogens (tertiary/aromatic N) is 20. The molecular formula is C106H117Cl2F3N30O6. The van der Waals surface area contributed by atoms with E-state index in [0.29, 0.717) is 117 Å². The smallest absolute Gasteiger partial charge is 0.165 e. The highest BCUT2D eigenvalue weighted by Crippen LogP contribution is 2.40. The summed E-state index contributed by atoms with van der Waals surface area (Å²) < 4.78 is 88.7. The number of fused-ring (bicyclic) bond motifs is 24. The van der Waals surface area contributed by atoms with E-state index in [1.807, 2.05) is 148 Å². The lowest BCUT2D eigenvalue weighted by Crippen LogP contribution is -2.33. The van der Waals surface area contributed by atoms with E-state index >= 15 is 0 Å². The fourth-order valence-corrected chi connectivity index (χ4v) is 17.7. The maximum atomic E-state index is 14.5. The summed E-state index contributed by atoms with van der Waals surface area (Å²) in [6.45, 7) is 21.9. The van der Waals surface area contributed by atoms with Crippen molar-refractivity contribution in [2.24, 2.45) is 0 Å². The Balaban J connectivity index is 0.000000111. The molecule has 6 aliphatic rings. The number of hydrogen-bond acceptors (Lipinski definition) is 30.